The van der Waals surface area contributed by atoms with Crippen LogP contribution in [0, 0.1) is 0 Å². The van der Waals surface area contributed by atoms with Gasteiger partial charge < -0.3 is 5.32 Å². The van der Waals surface area contributed by atoms with Gasteiger partial charge in [0.05, 0.1) is 0 Å². The molecule has 0 radical (unpaired) electrons. The van der Waals surface area contributed by atoms with Crippen LogP contribution >= 0.6 is 0 Å². The molecule has 0 aliphatic heterocycles. The highest BCUT2D eigenvalue weighted by molar-refractivity contribution is 5.07. The lowest BCUT2D eigenvalue weighted by molar-refractivity contribution is 0.813. The Morgan fingerprint density at radius 1 is 1.55 bits per heavy atom. The molecule has 1 heterocycles. The Bertz CT molecular complexity index is 172. The molecule has 1 N–H and O–H groups in total. The summed E-state index contributed by atoms with van der Waals surface area (Å²) in [4.78, 5) is 3.96. The highest BCUT2D eigenvalue weighted by atomic mass is 14.8. The van der Waals surface area contributed by atoms with Crippen molar-refractivity contribution in [2.24, 2.45) is 0 Å². The molecule has 0 bridgehead atoms. The Hall–Kier alpha value is -1.15. The third-order valence-corrected chi connectivity index (χ3v) is 1.10. The lowest BCUT2D eigenvalue weighted by Crippen LogP contribution is -2.04. The van der Waals surface area contributed by atoms with E-state index < -0.39 is 0 Å². The summed E-state index contributed by atoms with van der Waals surface area (Å²) in [6.07, 6.45) is 3.63. The van der Waals surface area contributed by atoms with Gasteiger partial charge in [0.15, 0.2) is 0 Å². The van der Waals surface area contributed by atoms with Crippen LogP contribution in [0.4, 0.5) is 0 Å². The molecule has 1 rings (SSSR count). The van der Waals surface area contributed by atoms with Gasteiger partial charge >= 0.3 is 0 Å². The van der Waals surface area contributed by atoms with Crippen LogP contribution in [-0.2, 0) is 6.54 Å². The molecule has 2 nitrogen and oxygen atoms in total. The second kappa shape index (κ2) is 6.96. The van der Waals surface area contributed by atoms with E-state index in [1.165, 1.54) is 5.56 Å². The van der Waals surface area contributed by atoms with Gasteiger partial charge in [-0.15, -0.1) is 13.2 Å². The van der Waals surface area contributed by atoms with Crippen LogP contribution < -0.4 is 5.32 Å². The zero-order valence-corrected chi connectivity index (χ0v) is 6.88. The summed E-state index contributed by atoms with van der Waals surface area (Å²) in [6, 6.07) is 3.98. The van der Waals surface area contributed by atoms with Gasteiger partial charge in [-0.25, -0.2) is 0 Å². The Kier molecular flexibility index (Phi) is 6.24. The molecular formula is C9H14N2. The van der Waals surface area contributed by atoms with Crippen LogP contribution in [0.3, 0.4) is 0 Å². The monoisotopic (exact) mass is 150 g/mol. The zero-order chi connectivity index (χ0) is 8.53. The van der Waals surface area contributed by atoms with Crippen molar-refractivity contribution in [3.63, 3.8) is 0 Å². The first-order valence-corrected chi connectivity index (χ1v) is 3.47. The number of aromatic nitrogens is 1. The number of hydrogen-bond acceptors (Lipinski definition) is 2. The maximum absolute atomic E-state index is 3.96. The Balaban J connectivity index is 0.000000461. The van der Waals surface area contributed by atoms with Crippen molar-refractivity contribution in [3.8, 4) is 0 Å². The third kappa shape index (κ3) is 4.28. The topological polar surface area (TPSA) is 24.9 Å². The third-order valence-electron chi connectivity index (χ3n) is 1.10. The molecule has 11 heavy (non-hydrogen) atoms. The lowest BCUT2D eigenvalue weighted by atomic mass is 10.3. The van der Waals surface area contributed by atoms with Crippen LogP contribution in [0.1, 0.15) is 5.56 Å². The Morgan fingerprint density at radius 3 is 2.73 bits per heavy atom. The summed E-state index contributed by atoms with van der Waals surface area (Å²) in [5, 5.41) is 3.04. The molecule has 60 valence electrons. The largest absolute Gasteiger partial charge is 0.316 e. The lowest BCUT2D eigenvalue weighted by Gasteiger charge is -1.95. The summed E-state index contributed by atoms with van der Waals surface area (Å²) in [6.45, 7) is 6.90. The number of nitrogens with zero attached hydrogens (tertiary/aromatic N) is 1. The van der Waals surface area contributed by atoms with E-state index in [9.17, 15) is 0 Å². The van der Waals surface area contributed by atoms with Crippen molar-refractivity contribution < 1.29 is 0 Å². The molecule has 0 aliphatic rings. The van der Waals surface area contributed by atoms with Gasteiger partial charge in [-0.2, -0.15) is 0 Å². The molecule has 0 saturated carbocycles. The fourth-order valence-corrected chi connectivity index (χ4v) is 0.707. The minimum atomic E-state index is 0.897. The van der Waals surface area contributed by atoms with E-state index in [0.29, 0.717) is 0 Å². The minimum absolute atomic E-state index is 0.897. The zero-order valence-electron chi connectivity index (χ0n) is 6.88. The van der Waals surface area contributed by atoms with Gasteiger partial charge in [-0.3, -0.25) is 4.98 Å². The van der Waals surface area contributed by atoms with Gasteiger partial charge in [0.2, 0.25) is 0 Å². The molecule has 0 fully saturated rings. The molecule has 2 heteroatoms. The van der Waals surface area contributed by atoms with E-state index in [1.807, 2.05) is 25.4 Å². The summed E-state index contributed by atoms with van der Waals surface area (Å²) < 4.78 is 0. The maximum atomic E-state index is 3.96. The van der Waals surface area contributed by atoms with E-state index in [0.717, 1.165) is 6.54 Å². The van der Waals surface area contributed by atoms with Crippen LogP contribution in [-0.4, -0.2) is 12.0 Å². The second-order valence-electron chi connectivity index (χ2n) is 1.89. The van der Waals surface area contributed by atoms with E-state index in [2.05, 4.69) is 23.5 Å². The van der Waals surface area contributed by atoms with Crippen molar-refractivity contribution in [1.82, 2.24) is 10.3 Å². The first-order valence-electron chi connectivity index (χ1n) is 3.47. The van der Waals surface area contributed by atoms with E-state index in [1.54, 1.807) is 6.20 Å². The summed E-state index contributed by atoms with van der Waals surface area (Å²) in [5.74, 6) is 0. The molecule has 0 atom stereocenters. The van der Waals surface area contributed by atoms with Crippen molar-refractivity contribution in [2.75, 3.05) is 7.05 Å². The Morgan fingerprint density at radius 2 is 2.27 bits per heavy atom. The highest BCUT2D eigenvalue weighted by Crippen LogP contribution is 1.92. The fourth-order valence-electron chi connectivity index (χ4n) is 0.707. The maximum Gasteiger partial charge on any atom is 0.0312 e. The molecule has 0 aromatic carbocycles. The van der Waals surface area contributed by atoms with Gasteiger partial charge in [0, 0.05) is 18.9 Å². The number of rotatable bonds is 2. The number of nitrogens with one attached hydrogen (secondary N) is 1. The summed E-state index contributed by atoms with van der Waals surface area (Å²) in [5.41, 5.74) is 1.22. The van der Waals surface area contributed by atoms with Crippen molar-refractivity contribution in [3.05, 3.63) is 43.2 Å². The normalized spacial score (nSPS) is 8.09. The van der Waals surface area contributed by atoms with E-state index in [4.69, 9.17) is 0 Å². The van der Waals surface area contributed by atoms with E-state index >= 15 is 0 Å². The first-order chi connectivity index (χ1) is 5.43. The molecule has 0 amide bonds. The average molecular weight is 150 g/mol. The van der Waals surface area contributed by atoms with Crippen molar-refractivity contribution in [2.45, 2.75) is 6.54 Å². The highest BCUT2D eigenvalue weighted by Gasteiger charge is 1.84. The van der Waals surface area contributed by atoms with E-state index in [-0.39, 0.29) is 0 Å². The average Bonchev–Trinajstić information content (AvgIpc) is 2.11. The second-order valence-corrected chi connectivity index (χ2v) is 1.89. The van der Waals surface area contributed by atoms with Gasteiger partial charge in [-0.05, 0) is 18.7 Å². The Labute approximate surface area is 68.0 Å². The standard InChI is InChI=1S/C7H10N2.C2H4/c1-8-5-7-3-2-4-9-6-7;1-2/h2-4,6,8H,5H2,1H3;1-2H2. The summed E-state index contributed by atoms with van der Waals surface area (Å²) in [7, 11) is 1.92. The predicted molar refractivity (Wildman–Crippen MR) is 48.3 cm³/mol. The van der Waals surface area contributed by atoms with Crippen LogP contribution in [0.25, 0.3) is 0 Å². The van der Waals surface area contributed by atoms with Crippen molar-refractivity contribution >= 4 is 0 Å². The number of hydrogen-bond donors (Lipinski definition) is 1. The van der Waals surface area contributed by atoms with Crippen LogP contribution in [0.5, 0.6) is 0 Å². The van der Waals surface area contributed by atoms with Gasteiger partial charge in [0.25, 0.3) is 0 Å². The van der Waals surface area contributed by atoms with Crippen molar-refractivity contribution in [1.29, 1.82) is 0 Å². The molecule has 1 aromatic heterocycles. The molecule has 0 unspecified atom stereocenters. The summed E-state index contributed by atoms with van der Waals surface area (Å²) >= 11 is 0. The molecule has 0 spiro atoms. The molecule has 1 aromatic rings. The first kappa shape index (κ1) is 9.85. The SMILES string of the molecule is C=C.CNCc1cccnc1. The molecular weight excluding hydrogens is 136 g/mol. The predicted octanol–water partition coefficient (Wildman–Crippen LogP) is 1.60. The van der Waals surface area contributed by atoms with Crippen LogP contribution in [0.2, 0.25) is 0 Å². The van der Waals surface area contributed by atoms with Crippen LogP contribution in [0.15, 0.2) is 37.7 Å². The molecule has 0 aliphatic carbocycles. The van der Waals surface area contributed by atoms with Gasteiger partial charge in [-0.1, -0.05) is 6.07 Å². The number of pyridine rings is 1. The van der Waals surface area contributed by atoms with Gasteiger partial charge in [0.1, 0.15) is 0 Å². The quantitative estimate of drug-likeness (QED) is 0.648. The minimum Gasteiger partial charge on any atom is -0.316 e. The fraction of sp³-hybridized carbons (Fsp3) is 0.222. The molecule has 0 saturated heterocycles. The smallest absolute Gasteiger partial charge is 0.0312 e.